The van der Waals surface area contributed by atoms with Crippen LogP contribution in [0.3, 0.4) is 0 Å². The minimum Gasteiger partial charge on any atom is -0.466 e. The standard InChI is InChI=1S/C34H64O4/c1-3-5-7-23-27-31-37-33(35)29-25-21-19-17-15-13-11-9-10-12-14-16-18-20-22-26-30-34(36)38-32-28-24-8-6-4-2/h11,13H,3-10,12,14-32H2,1-2H3/b13-11+. The van der Waals surface area contributed by atoms with Gasteiger partial charge < -0.3 is 9.47 Å². The lowest BCUT2D eigenvalue weighted by atomic mass is 10.1. The summed E-state index contributed by atoms with van der Waals surface area (Å²) in [6.07, 6.45) is 34.6. The molecule has 0 rings (SSSR count). The zero-order chi connectivity index (χ0) is 27.8. The molecule has 0 saturated heterocycles. The molecule has 0 aliphatic heterocycles. The second-order valence-corrected chi connectivity index (χ2v) is 11.1. The Kier molecular flexibility index (Phi) is 30.8. The molecule has 4 heteroatoms. The van der Waals surface area contributed by atoms with Crippen LogP contribution in [-0.2, 0) is 19.1 Å². The van der Waals surface area contributed by atoms with E-state index in [1.165, 1.54) is 109 Å². The first kappa shape index (κ1) is 36.7. The monoisotopic (exact) mass is 536 g/mol. The van der Waals surface area contributed by atoms with Crippen LogP contribution in [0.25, 0.3) is 0 Å². The third-order valence-electron chi connectivity index (χ3n) is 7.19. The van der Waals surface area contributed by atoms with Crippen LogP contribution in [0.1, 0.15) is 181 Å². The Bertz CT molecular complexity index is 529. The fraction of sp³-hybridized carbons (Fsp3) is 0.882. The van der Waals surface area contributed by atoms with Crippen molar-refractivity contribution in [2.45, 2.75) is 181 Å². The molecule has 0 aliphatic carbocycles. The number of ether oxygens (including phenoxy) is 2. The van der Waals surface area contributed by atoms with E-state index in [1.54, 1.807) is 0 Å². The summed E-state index contributed by atoms with van der Waals surface area (Å²) in [5, 5.41) is 0. The van der Waals surface area contributed by atoms with Gasteiger partial charge in [-0.2, -0.15) is 0 Å². The summed E-state index contributed by atoms with van der Waals surface area (Å²) in [7, 11) is 0. The highest BCUT2D eigenvalue weighted by Crippen LogP contribution is 2.12. The van der Waals surface area contributed by atoms with Gasteiger partial charge in [0.05, 0.1) is 13.2 Å². The second-order valence-electron chi connectivity index (χ2n) is 11.1. The van der Waals surface area contributed by atoms with Gasteiger partial charge in [0.15, 0.2) is 0 Å². The molecule has 0 heterocycles. The number of carbonyl (C=O) groups is 2. The van der Waals surface area contributed by atoms with E-state index in [0.29, 0.717) is 26.1 Å². The van der Waals surface area contributed by atoms with Gasteiger partial charge in [-0.25, -0.2) is 0 Å². The van der Waals surface area contributed by atoms with Gasteiger partial charge in [-0.1, -0.05) is 129 Å². The summed E-state index contributed by atoms with van der Waals surface area (Å²) in [5.74, 6) is -0.0183. The molecule has 0 fully saturated rings. The molecule has 224 valence electrons. The van der Waals surface area contributed by atoms with Crippen LogP contribution in [0.15, 0.2) is 12.2 Å². The van der Waals surface area contributed by atoms with Gasteiger partial charge in [-0.15, -0.1) is 0 Å². The van der Waals surface area contributed by atoms with E-state index in [1.807, 2.05) is 0 Å². The summed E-state index contributed by atoms with van der Waals surface area (Å²) >= 11 is 0. The number of rotatable bonds is 30. The maximum atomic E-state index is 11.7. The Morgan fingerprint density at radius 3 is 1.13 bits per heavy atom. The molecule has 0 radical (unpaired) electrons. The van der Waals surface area contributed by atoms with Crippen LogP contribution >= 0.6 is 0 Å². The predicted molar refractivity (Wildman–Crippen MR) is 162 cm³/mol. The summed E-state index contributed by atoms with van der Waals surface area (Å²) < 4.78 is 10.6. The van der Waals surface area contributed by atoms with Gasteiger partial charge in [0.1, 0.15) is 0 Å². The van der Waals surface area contributed by atoms with E-state index in [9.17, 15) is 9.59 Å². The van der Waals surface area contributed by atoms with Crippen LogP contribution in [0, 0.1) is 0 Å². The van der Waals surface area contributed by atoms with Crippen LogP contribution in [0.5, 0.6) is 0 Å². The van der Waals surface area contributed by atoms with Gasteiger partial charge in [-0.3, -0.25) is 9.59 Å². The summed E-state index contributed by atoms with van der Waals surface area (Å²) in [4.78, 5) is 23.5. The highest BCUT2D eigenvalue weighted by molar-refractivity contribution is 5.69. The maximum Gasteiger partial charge on any atom is 0.305 e. The molecule has 0 saturated carbocycles. The third kappa shape index (κ3) is 30.9. The Morgan fingerprint density at radius 1 is 0.421 bits per heavy atom. The molecule has 0 bridgehead atoms. The van der Waals surface area contributed by atoms with Gasteiger partial charge in [0.2, 0.25) is 0 Å². The van der Waals surface area contributed by atoms with E-state index < -0.39 is 0 Å². The molecule has 0 aliphatic rings. The van der Waals surface area contributed by atoms with Crippen molar-refractivity contribution in [3.63, 3.8) is 0 Å². The molecular formula is C34H64O4. The third-order valence-corrected chi connectivity index (χ3v) is 7.19. The fourth-order valence-electron chi connectivity index (χ4n) is 4.64. The zero-order valence-electron chi connectivity index (χ0n) is 25.6. The van der Waals surface area contributed by atoms with E-state index in [0.717, 1.165) is 44.9 Å². The number of hydrogen-bond donors (Lipinski definition) is 0. The number of carbonyl (C=O) groups excluding carboxylic acids is 2. The molecule has 0 spiro atoms. The van der Waals surface area contributed by atoms with Gasteiger partial charge in [0.25, 0.3) is 0 Å². The Morgan fingerprint density at radius 2 is 0.737 bits per heavy atom. The molecular weight excluding hydrogens is 472 g/mol. The van der Waals surface area contributed by atoms with Crippen LogP contribution in [0.4, 0.5) is 0 Å². The lowest BCUT2D eigenvalue weighted by Crippen LogP contribution is -2.05. The molecule has 0 amide bonds. The van der Waals surface area contributed by atoms with Crippen molar-refractivity contribution in [3.05, 3.63) is 12.2 Å². The van der Waals surface area contributed by atoms with E-state index in [4.69, 9.17) is 9.47 Å². The largest absolute Gasteiger partial charge is 0.466 e. The molecule has 0 unspecified atom stereocenters. The van der Waals surface area contributed by atoms with Crippen LogP contribution in [-0.4, -0.2) is 25.2 Å². The highest BCUT2D eigenvalue weighted by Gasteiger charge is 2.03. The summed E-state index contributed by atoms with van der Waals surface area (Å²) in [6, 6.07) is 0. The predicted octanol–water partition coefficient (Wildman–Crippen LogP) is 10.8. The maximum absolute atomic E-state index is 11.7. The molecule has 38 heavy (non-hydrogen) atoms. The first-order chi connectivity index (χ1) is 18.7. The molecule has 0 atom stereocenters. The van der Waals surface area contributed by atoms with Crippen molar-refractivity contribution >= 4 is 11.9 Å². The minimum absolute atomic E-state index is 0.00535. The highest BCUT2D eigenvalue weighted by atomic mass is 16.5. The Labute approximate surface area is 237 Å². The molecule has 0 aromatic carbocycles. The Hall–Kier alpha value is -1.32. The molecule has 0 aromatic rings. The van der Waals surface area contributed by atoms with Crippen molar-refractivity contribution in [2.24, 2.45) is 0 Å². The number of esters is 2. The minimum atomic E-state index is -0.0129. The molecule has 0 aromatic heterocycles. The lowest BCUT2D eigenvalue weighted by Gasteiger charge is -2.05. The van der Waals surface area contributed by atoms with E-state index >= 15 is 0 Å². The normalized spacial score (nSPS) is 11.3. The van der Waals surface area contributed by atoms with Crippen molar-refractivity contribution in [2.75, 3.05) is 13.2 Å². The van der Waals surface area contributed by atoms with E-state index in [2.05, 4.69) is 26.0 Å². The topological polar surface area (TPSA) is 52.6 Å². The van der Waals surface area contributed by atoms with Crippen molar-refractivity contribution < 1.29 is 19.1 Å². The van der Waals surface area contributed by atoms with Gasteiger partial charge in [0, 0.05) is 12.8 Å². The Balaban J connectivity index is 3.24. The van der Waals surface area contributed by atoms with Crippen molar-refractivity contribution in [1.29, 1.82) is 0 Å². The van der Waals surface area contributed by atoms with E-state index in [-0.39, 0.29) is 11.9 Å². The zero-order valence-corrected chi connectivity index (χ0v) is 25.6. The average molecular weight is 537 g/mol. The number of allylic oxidation sites excluding steroid dienone is 2. The molecule has 0 N–H and O–H groups in total. The average Bonchev–Trinajstić information content (AvgIpc) is 2.91. The first-order valence-electron chi connectivity index (χ1n) is 16.7. The summed E-state index contributed by atoms with van der Waals surface area (Å²) in [5.41, 5.74) is 0. The lowest BCUT2D eigenvalue weighted by molar-refractivity contribution is -0.144. The smallest absolute Gasteiger partial charge is 0.305 e. The quantitative estimate of drug-likeness (QED) is 0.0520. The number of hydrogen-bond acceptors (Lipinski definition) is 4. The number of unbranched alkanes of at least 4 members (excludes halogenated alkanes) is 20. The molecule has 4 nitrogen and oxygen atoms in total. The SMILES string of the molecule is CCCCCCCOC(=O)CCCCCC/C=C/CCCCCCCCCCC(=O)OCCCCCCC. The first-order valence-corrected chi connectivity index (χ1v) is 16.7. The van der Waals surface area contributed by atoms with Crippen molar-refractivity contribution in [3.8, 4) is 0 Å². The van der Waals surface area contributed by atoms with Crippen molar-refractivity contribution in [1.82, 2.24) is 0 Å². The van der Waals surface area contributed by atoms with Crippen LogP contribution in [0.2, 0.25) is 0 Å². The fourth-order valence-corrected chi connectivity index (χ4v) is 4.64. The van der Waals surface area contributed by atoms with Gasteiger partial charge >= 0.3 is 11.9 Å². The second kappa shape index (κ2) is 31.9. The van der Waals surface area contributed by atoms with Crippen LogP contribution < -0.4 is 0 Å². The van der Waals surface area contributed by atoms with Gasteiger partial charge in [-0.05, 0) is 51.4 Å². The summed E-state index contributed by atoms with van der Waals surface area (Å²) in [6.45, 7) is 5.64.